The molecule has 1 fully saturated rings. The van der Waals surface area contributed by atoms with Gasteiger partial charge in [0.25, 0.3) is 5.91 Å². The lowest BCUT2D eigenvalue weighted by Crippen LogP contribution is -2.41. The summed E-state index contributed by atoms with van der Waals surface area (Å²) >= 11 is 0. The first-order valence-corrected chi connectivity index (χ1v) is 11.2. The molecular weight excluding hydrogens is 442 g/mol. The first-order chi connectivity index (χ1) is 16.5. The van der Waals surface area contributed by atoms with Gasteiger partial charge in [0.15, 0.2) is 23.1 Å². The van der Waals surface area contributed by atoms with Gasteiger partial charge in [0, 0.05) is 55.5 Å². The third kappa shape index (κ3) is 5.81. The van der Waals surface area contributed by atoms with Crippen LogP contribution in [0.4, 0.5) is 8.78 Å². The summed E-state index contributed by atoms with van der Waals surface area (Å²) in [7, 11) is 0. The van der Waals surface area contributed by atoms with E-state index in [9.17, 15) is 13.6 Å². The Balaban J connectivity index is 1.37. The monoisotopic (exact) mass is 468 g/mol. The number of nitrogens with zero attached hydrogens (tertiary/aromatic N) is 2. The largest absolute Gasteiger partial charge is 0.490 e. The predicted octanol–water partition coefficient (Wildman–Crippen LogP) is 5.02. The molecule has 1 aliphatic rings. The Kier molecular flexibility index (Phi) is 7.57. The normalized spacial score (nSPS) is 14.0. The fourth-order valence-corrected chi connectivity index (χ4v) is 3.78. The van der Waals surface area contributed by atoms with E-state index in [4.69, 9.17) is 14.2 Å². The number of benzene rings is 2. The SMILES string of the molecule is CCOc1cc(C(=O)N2CCC(Oc3ccc(F)cc3F)CC2)ccc1OCc1cccnc1. The molecule has 34 heavy (non-hydrogen) atoms. The van der Waals surface area contributed by atoms with Gasteiger partial charge in [0.05, 0.1) is 6.61 Å². The zero-order chi connectivity index (χ0) is 23.9. The molecule has 2 heterocycles. The molecule has 0 radical (unpaired) electrons. The van der Waals surface area contributed by atoms with Crippen LogP contribution in [0, 0.1) is 11.6 Å². The van der Waals surface area contributed by atoms with Crippen LogP contribution in [-0.2, 0) is 6.61 Å². The van der Waals surface area contributed by atoms with Gasteiger partial charge in [0.2, 0.25) is 0 Å². The molecule has 0 N–H and O–H groups in total. The molecule has 1 aromatic heterocycles. The van der Waals surface area contributed by atoms with Crippen molar-refractivity contribution in [2.24, 2.45) is 0 Å². The number of hydrogen-bond acceptors (Lipinski definition) is 5. The van der Waals surface area contributed by atoms with E-state index in [0.717, 1.165) is 17.7 Å². The van der Waals surface area contributed by atoms with Gasteiger partial charge in [-0.25, -0.2) is 8.78 Å². The van der Waals surface area contributed by atoms with Crippen LogP contribution in [0.25, 0.3) is 0 Å². The number of pyridine rings is 1. The molecule has 3 aromatic rings. The van der Waals surface area contributed by atoms with Crippen molar-refractivity contribution in [3.05, 3.63) is 83.7 Å². The average molecular weight is 469 g/mol. The van der Waals surface area contributed by atoms with Crippen molar-refractivity contribution in [3.63, 3.8) is 0 Å². The molecule has 6 nitrogen and oxygen atoms in total. The van der Waals surface area contributed by atoms with E-state index in [1.165, 1.54) is 6.07 Å². The lowest BCUT2D eigenvalue weighted by atomic mass is 10.1. The Morgan fingerprint density at radius 3 is 2.53 bits per heavy atom. The number of ether oxygens (including phenoxy) is 3. The summed E-state index contributed by atoms with van der Waals surface area (Å²) in [6.45, 7) is 3.58. The molecule has 178 valence electrons. The predicted molar refractivity (Wildman–Crippen MR) is 122 cm³/mol. The summed E-state index contributed by atoms with van der Waals surface area (Å²) in [6.07, 6.45) is 4.29. The number of carbonyl (C=O) groups is 1. The number of amides is 1. The zero-order valence-corrected chi connectivity index (χ0v) is 18.9. The second-order valence-electron chi connectivity index (χ2n) is 7.93. The Morgan fingerprint density at radius 2 is 1.82 bits per heavy atom. The molecule has 0 saturated carbocycles. The number of aromatic nitrogens is 1. The van der Waals surface area contributed by atoms with E-state index in [1.54, 1.807) is 35.5 Å². The fourth-order valence-electron chi connectivity index (χ4n) is 3.78. The first-order valence-electron chi connectivity index (χ1n) is 11.2. The summed E-state index contributed by atoms with van der Waals surface area (Å²) in [6, 6.07) is 12.2. The molecular formula is C26H26F2N2O4. The van der Waals surface area contributed by atoms with Crippen molar-refractivity contribution in [2.75, 3.05) is 19.7 Å². The average Bonchev–Trinajstić information content (AvgIpc) is 2.86. The van der Waals surface area contributed by atoms with E-state index in [0.29, 0.717) is 56.2 Å². The number of hydrogen-bond donors (Lipinski definition) is 0. The first kappa shape index (κ1) is 23.5. The lowest BCUT2D eigenvalue weighted by Gasteiger charge is -2.32. The van der Waals surface area contributed by atoms with Crippen molar-refractivity contribution in [2.45, 2.75) is 32.5 Å². The van der Waals surface area contributed by atoms with Crippen LogP contribution in [-0.4, -0.2) is 41.6 Å². The van der Waals surface area contributed by atoms with Crippen LogP contribution in [0.3, 0.4) is 0 Å². The highest BCUT2D eigenvalue weighted by molar-refractivity contribution is 5.95. The van der Waals surface area contributed by atoms with Gasteiger partial charge in [-0.3, -0.25) is 9.78 Å². The minimum Gasteiger partial charge on any atom is -0.490 e. The van der Waals surface area contributed by atoms with Gasteiger partial charge >= 0.3 is 0 Å². The van der Waals surface area contributed by atoms with Gasteiger partial charge < -0.3 is 19.1 Å². The number of rotatable bonds is 8. The Bertz CT molecular complexity index is 1120. The van der Waals surface area contributed by atoms with Crippen molar-refractivity contribution in [3.8, 4) is 17.2 Å². The van der Waals surface area contributed by atoms with Crippen molar-refractivity contribution in [1.82, 2.24) is 9.88 Å². The highest BCUT2D eigenvalue weighted by Gasteiger charge is 2.26. The summed E-state index contributed by atoms with van der Waals surface area (Å²) in [5, 5.41) is 0. The molecule has 4 rings (SSSR count). The maximum atomic E-state index is 13.9. The van der Waals surface area contributed by atoms with Gasteiger partial charge in [-0.2, -0.15) is 0 Å². The van der Waals surface area contributed by atoms with Crippen LogP contribution in [0.15, 0.2) is 60.9 Å². The molecule has 8 heteroatoms. The Hall–Kier alpha value is -3.68. The lowest BCUT2D eigenvalue weighted by molar-refractivity contribution is 0.0587. The van der Waals surface area contributed by atoms with Crippen molar-refractivity contribution in [1.29, 1.82) is 0 Å². The van der Waals surface area contributed by atoms with Crippen LogP contribution in [0.2, 0.25) is 0 Å². The molecule has 0 atom stereocenters. The molecule has 0 unspecified atom stereocenters. The molecule has 1 amide bonds. The zero-order valence-electron chi connectivity index (χ0n) is 18.9. The summed E-state index contributed by atoms with van der Waals surface area (Å²) in [4.78, 5) is 18.9. The quantitative estimate of drug-likeness (QED) is 0.465. The van der Waals surface area contributed by atoms with E-state index < -0.39 is 11.6 Å². The van der Waals surface area contributed by atoms with Crippen LogP contribution >= 0.6 is 0 Å². The van der Waals surface area contributed by atoms with Gasteiger partial charge in [0.1, 0.15) is 18.5 Å². The standard InChI is InChI=1S/C26H26F2N2O4/c1-2-32-25-14-19(5-7-24(25)33-17-18-4-3-11-29-16-18)26(31)30-12-9-21(10-13-30)34-23-8-6-20(27)15-22(23)28/h3-8,11,14-16,21H,2,9-10,12-13,17H2,1H3. The number of piperidine rings is 1. The molecule has 1 aliphatic heterocycles. The third-order valence-corrected chi connectivity index (χ3v) is 5.52. The van der Waals surface area contributed by atoms with Crippen LogP contribution in [0.1, 0.15) is 35.7 Å². The summed E-state index contributed by atoms with van der Waals surface area (Å²) in [5.41, 5.74) is 1.43. The molecule has 2 aromatic carbocycles. The summed E-state index contributed by atoms with van der Waals surface area (Å²) < 4.78 is 44.2. The number of halogens is 2. The number of likely N-dealkylation sites (tertiary alicyclic amines) is 1. The third-order valence-electron chi connectivity index (χ3n) is 5.52. The van der Waals surface area contributed by atoms with Crippen LogP contribution < -0.4 is 14.2 Å². The van der Waals surface area contributed by atoms with E-state index in [1.807, 2.05) is 19.1 Å². The summed E-state index contributed by atoms with van der Waals surface area (Å²) in [5.74, 6) is -0.420. The van der Waals surface area contributed by atoms with Crippen molar-refractivity contribution < 1.29 is 27.8 Å². The maximum Gasteiger partial charge on any atom is 0.253 e. The maximum absolute atomic E-state index is 13.9. The fraction of sp³-hybridized carbons (Fsp3) is 0.308. The molecule has 1 saturated heterocycles. The topological polar surface area (TPSA) is 60.9 Å². The van der Waals surface area contributed by atoms with Gasteiger partial charge in [-0.15, -0.1) is 0 Å². The van der Waals surface area contributed by atoms with E-state index in [2.05, 4.69) is 4.98 Å². The van der Waals surface area contributed by atoms with Crippen molar-refractivity contribution >= 4 is 5.91 Å². The second kappa shape index (κ2) is 11.0. The molecule has 0 aliphatic carbocycles. The Labute approximate surface area is 197 Å². The molecule has 0 spiro atoms. The highest BCUT2D eigenvalue weighted by atomic mass is 19.1. The second-order valence-corrected chi connectivity index (χ2v) is 7.93. The number of carbonyl (C=O) groups excluding carboxylic acids is 1. The highest BCUT2D eigenvalue weighted by Crippen LogP contribution is 2.30. The molecule has 0 bridgehead atoms. The minimum absolute atomic E-state index is 0.0226. The minimum atomic E-state index is -0.729. The van der Waals surface area contributed by atoms with Crippen LogP contribution in [0.5, 0.6) is 17.2 Å². The van der Waals surface area contributed by atoms with Gasteiger partial charge in [-0.05, 0) is 43.3 Å². The van der Waals surface area contributed by atoms with E-state index in [-0.39, 0.29) is 17.8 Å². The smallest absolute Gasteiger partial charge is 0.253 e. The van der Waals surface area contributed by atoms with Gasteiger partial charge in [-0.1, -0.05) is 6.07 Å². The Morgan fingerprint density at radius 1 is 1.03 bits per heavy atom. The van der Waals surface area contributed by atoms with E-state index >= 15 is 0 Å².